The summed E-state index contributed by atoms with van der Waals surface area (Å²) in [6.45, 7) is 7.35. The molecule has 1 nitrogen and oxygen atoms in total. The molecule has 0 bridgehead atoms. The van der Waals surface area contributed by atoms with Gasteiger partial charge in [-0.15, -0.1) is 0 Å². The van der Waals surface area contributed by atoms with Crippen molar-refractivity contribution in [1.82, 2.24) is 4.90 Å². The van der Waals surface area contributed by atoms with E-state index in [1.54, 1.807) is 0 Å². The van der Waals surface area contributed by atoms with E-state index in [4.69, 9.17) is 0 Å². The molecule has 120 valence electrons. The maximum atomic E-state index is 2.58. The first-order chi connectivity index (χ1) is 9.84. The van der Waals surface area contributed by atoms with Crippen molar-refractivity contribution in [3.8, 4) is 0 Å². The van der Waals surface area contributed by atoms with Crippen LogP contribution in [0.4, 0.5) is 0 Å². The molecule has 20 heavy (non-hydrogen) atoms. The van der Waals surface area contributed by atoms with E-state index in [1.165, 1.54) is 103 Å². The quantitative estimate of drug-likeness (QED) is 0.256. The molecule has 1 aliphatic rings. The molecule has 1 heterocycles. The van der Waals surface area contributed by atoms with Crippen LogP contribution in [0, 0.1) is 0 Å². The lowest BCUT2D eigenvalue weighted by molar-refractivity contribution is 0.472. The van der Waals surface area contributed by atoms with Gasteiger partial charge in [0.25, 0.3) is 0 Å². The van der Waals surface area contributed by atoms with Crippen molar-refractivity contribution in [3.05, 3.63) is 0 Å². The van der Waals surface area contributed by atoms with Gasteiger partial charge < -0.3 is 0 Å². The Morgan fingerprint density at radius 1 is 0.650 bits per heavy atom. The van der Waals surface area contributed by atoms with Crippen molar-refractivity contribution >= 4 is 0 Å². The van der Waals surface area contributed by atoms with E-state index in [2.05, 4.69) is 18.7 Å². The zero-order valence-electron chi connectivity index (χ0n) is 14.3. The van der Waals surface area contributed by atoms with Gasteiger partial charge in [0, 0.05) is 12.6 Å². The minimum atomic E-state index is 0.900. The van der Waals surface area contributed by atoms with Crippen LogP contribution in [0.2, 0.25) is 0 Å². The molecule has 0 aromatic rings. The van der Waals surface area contributed by atoms with E-state index in [0.29, 0.717) is 0 Å². The molecule has 0 spiro atoms. The van der Waals surface area contributed by atoms with Crippen molar-refractivity contribution < 1.29 is 0 Å². The van der Waals surface area contributed by atoms with Crippen LogP contribution in [0.25, 0.3) is 0 Å². The van der Waals surface area contributed by atoms with Crippen LogP contribution in [0.1, 0.15) is 104 Å². The molecule has 1 rings (SSSR count). The molecule has 2 atom stereocenters. The summed E-state index contributed by atoms with van der Waals surface area (Å²) in [5, 5.41) is 0. The first kappa shape index (κ1) is 18.0. The second kappa shape index (κ2) is 12.7. The molecule has 0 radical (unpaired) electrons. The standard InChI is InChI=1S/C19H39N/c1-3-4-5-6-7-8-9-10-11-12-13-14-15-16-17-20-18-19(20)2/h19H,3-18H2,1-2H3. The number of hydrogen-bond acceptors (Lipinski definition) is 1. The summed E-state index contributed by atoms with van der Waals surface area (Å²) in [4.78, 5) is 2.58. The lowest BCUT2D eigenvalue weighted by atomic mass is 10.0. The number of hydrogen-bond donors (Lipinski definition) is 0. The Balaban J connectivity index is 1.62. The third-order valence-electron chi connectivity index (χ3n) is 4.79. The normalized spacial score (nSPS) is 21.3. The van der Waals surface area contributed by atoms with E-state index in [1.807, 2.05) is 0 Å². The zero-order chi connectivity index (χ0) is 14.5. The summed E-state index contributed by atoms with van der Waals surface area (Å²) in [7, 11) is 0. The van der Waals surface area contributed by atoms with E-state index in [9.17, 15) is 0 Å². The van der Waals surface area contributed by atoms with Crippen LogP contribution in [-0.4, -0.2) is 24.0 Å². The zero-order valence-corrected chi connectivity index (χ0v) is 14.3. The molecule has 0 amide bonds. The van der Waals surface area contributed by atoms with Gasteiger partial charge >= 0.3 is 0 Å². The molecule has 2 unspecified atom stereocenters. The molecule has 1 heteroatoms. The van der Waals surface area contributed by atoms with Crippen LogP contribution in [0.5, 0.6) is 0 Å². The fourth-order valence-electron chi connectivity index (χ4n) is 3.11. The van der Waals surface area contributed by atoms with Gasteiger partial charge in [0.05, 0.1) is 0 Å². The predicted octanol–water partition coefficient (Wildman–Crippen LogP) is 6.17. The van der Waals surface area contributed by atoms with E-state index < -0.39 is 0 Å². The summed E-state index contributed by atoms with van der Waals surface area (Å²) < 4.78 is 0. The summed E-state index contributed by atoms with van der Waals surface area (Å²) in [6, 6.07) is 0.900. The van der Waals surface area contributed by atoms with Crippen LogP contribution in [-0.2, 0) is 0 Å². The van der Waals surface area contributed by atoms with Gasteiger partial charge in [-0.05, 0) is 19.9 Å². The van der Waals surface area contributed by atoms with Crippen LogP contribution < -0.4 is 0 Å². The van der Waals surface area contributed by atoms with Crippen LogP contribution >= 0.6 is 0 Å². The minimum Gasteiger partial charge on any atom is -0.298 e. The highest BCUT2D eigenvalue weighted by Gasteiger charge is 2.27. The van der Waals surface area contributed by atoms with Crippen LogP contribution in [0.15, 0.2) is 0 Å². The average molecular weight is 282 g/mol. The van der Waals surface area contributed by atoms with Crippen molar-refractivity contribution in [2.75, 3.05) is 13.1 Å². The fourth-order valence-corrected chi connectivity index (χ4v) is 3.11. The largest absolute Gasteiger partial charge is 0.298 e. The van der Waals surface area contributed by atoms with Gasteiger partial charge in [0.2, 0.25) is 0 Å². The number of nitrogens with zero attached hydrogens (tertiary/aromatic N) is 1. The van der Waals surface area contributed by atoms with Gasteiger partial charge in [0.1, 0.15) is 0 Å². The summed E-state index contributed by atoms with van der Waals surface area (Å²) in [6.07, 6.45) is 20.5. The highest BCUT2D eigenvalue weighted by atomic mass is 15.3. The molecule has 0 aliphatic carbocycles. The van der Waals surface area contributed by atoms with Gasteiger partial charge in [-0.3, -0.25) is 4.90 Å². The predicted molar refractivity (Wildman–Crippen MR) is 91.3 cm³/mol. The van der Waals surface area contributed by atoms with Gasteiger partial charge in [-0.1, -0.05) is 90.4 Å². The average Bonchev–Trinajstić information content (AvgIpc) is 3.15. The SMILES string of the molecule is CCCCCCCCCCCCCCCCN1CC1C. The topological polar surface area (TPSA) is 3.01 Å². The van der Waals surface area contributed by atoms with Gasteiger partial charge in [-0.25, -0.2) is 0 Å². The molecular weight excluding hydrogens is 242 g/mol. The second-order valence-corrected chi connectivity index (χ2v) is 6.94. The maximum absolute atomic E-state index is 2.58. The Morgan fingerprint density at radius 2 is 1.00 bits per heavy atom. The third kappa shape index (κ3) is 10.7. The Labute approximate surface area is 128 Å². The molecule has 0 aromatic heterocycles. The summed E-state index contributed by atoms with van der Waals surface area (Å²) in [5.41, 5.74) is 0. The molecule has 1 saturated heterocycles. The molecular formula is C19H39N. The van der Waals surface area contributed by atoms with E-state index >= 15 is 0 Å². The summed E-state index contributed by atoms with van der Waals surface area (Å²) in [5.74, 6) is 0. The van der Waals surface area contributed by atoms with Gasteiger partial charge in [-0.2, -0.15) is 0 Å². The van der Waals surface area contributed by atoms with E-state index in [-0.39, 0.29) is 0 Å². The monoisotopic (exact) mass is 281 g/mol. The highest BCUT2D eigenvalue weighted by molar-refractivity contribution is 4.83. The lowest BCUT2D eigenvalue weighted by Crippen LogP contribution is -2.01. The Bertz CT molecular complexity index is 202. The summed E-state index contributed by atoms with van der Waals surface area (Å²) >= 11 is 0. The fraction of sp³-hybridized carbons (Fsp3) is 1.00. The van der Waals surface area contributed by atoms with Crippen molar-refractivity contribution in [3.63, 3.8) is 0 Å². The van der Waals surface area contributed by atoms with Crippen molar-refractivity contribution in [1.29, 1.82) is 0 Å². The van der Waals surface area contributed by atoms with E-state index in [0.717, 1.165) is 6.04 Å². The highest BCUT2D eigenvalue weighted by Crippen LogP contribution is 2.17. The van der Waals surface area contributed by atoms with Gasteiger partial charge in [0.15, 0.2) is 0 Å². The smallest absolute Gasteiger partial charge is 0.0195 e. The molecule has 0 N–H and O–H groups in total. The Kier molecular flexibility index (Phi) is 11.4. The Morgan fingerprint density at radius 3 is 1.35 bits per heavy atom. The number of unbranched alkanes of at least 4 members (excludes halogenated alkanes) is 13. The maximum Gasteiger partial charge on any atom is 0.0195 e. The molecule has 1 aliphatic heterocycles. The van der Waals surface area contributed by atoms with Crippen molar-refractivity contribution in [2.24, 2.45) is 0 Å². The molecule has 0 aromatic carbocycles. The van der Waals surface area contributed by atoms with Crippen LogP contribution in [0.3, 0.4) is 0 Å². The molecule has 1 fully saturated rings. The Hall–Kier alpha value is -0.0400. The first-order valence-electron chi connectivity index (χ1n) is 9.58. The minimum absolute atomic E-state index is 0.900. The first-order valence-corrected chi connectivity index (χ1v) is 9.58. The third-order valence-corrected chi connectivity index (χ3v) is 4.79. The van der Waals surface area contributed by atoms with Crippen molar-refractivity contribution in [2.45, 2.75) is 110 Å². The lowest BCUT2D eigenvalue weighted by Gasteiger charge is -2.04. The number of rotatable bonds is 15. The molecule has 0 saturated carbocycles. The second-order valence-electron chi connectivity index (χ2n) is 6.94.